The molecule has 1 aliphatic heterocycles. The quantitative estimate of drug-likeness (QED) is 0.610. The Morgan fingerprint density at radius 2 is 2.00 bits per heavy atom. The predicted octanol–water partition coefficient (Wildman–Crippen LogP) is 1.65. The third-order valence-electron chi connectivity index (χ3n) is 5.38. The maximum atomic E-state index is 12.7. The summed E-state index contributed by atoms with van der Waals surface area (Å²) in [6.07, 6.45) is 3.96. The molecule has 1 aliphatic carbocycles. The number of hydrogen-bond acceptors (Lipinski definition) is 5. The number of rotatable bonds is 9. The monoisotopic (exact) mass is 407 g/mol. The molecule has 1 aromatic heterocycles. The lowest BCUT2D eigenvalue weighted by molar-refractivity contribution is -0.131. The second kappa shape index (κ2) is 10.0. The third-order valence-corrected chi connectivity index (χ3v) is 6.24. The molecular weight excluding hydrogens is 378 g/mol. The summed E-state index contributed by atoms with van der Waals surface area (Å²) in [5.74, 6) is 0.0000928. The van der Waals surface area contributed by atoms with Crippen molar-refractivity contribution in [3.8, 4) is 0 Å². The zero-order valence-corrected chi connectivity index (χ0v) is 17.1. The van der Waals surface area contributed by atoms with Crippen LogP contribution in [0.2, 0.25) is 0 Å². The van der Waals surface area contributed by atoms with Gasteiger partial charge in [-0.05, 0) is 49.5 Å². The molecule has 0 radical (unpaired) electrons. The second-order valence-electron chi connectivity index (χ2n) is 7.50. The van der Waals surface area contributed by atoms with Crippen molar-refractivity contribution in [1.82, 2.24) is 15.5 Å². The smallest absolute Gasteiger partial charge is 0.263 e. The van der Waals surface area contributed by atoms with Crippen LogP contribution in [0.25, 0.3) is 0 Å². The van der Waals surface area contributed by atoms with Crippen LogP contribution >= 0.6 is 11.3 Å². The highest BCUT2D eigenvalue weighted by molar-refractivity contribution is 7.12. The van der Waals surface area contributed by atoms with Crippen molar-refractivity contribution in [3.63, 3.8) is 0 Å². The Morgan fingerprint density at radius 3 is 2.61 bits per heavy atom. The summed E-state index contributed by atoms with van der Waals surface area (Å²) in [5.41, 5.74) is 0. The molecule has 1 saturated carbocycles. The fourth-order valence-corrected chi connectivity index (χ4v) is 4.23. The van der Waals surface area contributed by atoms with Gasteiger partial charge in [0.1, 0.15) is 6.04 Å². The number of nitrogens with zero attached hydrogens (tertiary/aromatic N) is 1. The number of likely N-dealkylation sites (tertiary alicyclic amines) is 1. The lowest BCUT2D eigenvalue weighted by atomic mass is 9.88. The molecule has 2 fully saturated rings. The number of hydrogen-bond donors (Lipinski definition) is 2. The average Bonchev–Trinajstić information content (AvgIpc) is 3.43. The maximum absolute atomic E-state index is 12.7. The minimum atomic E-state index is -0.533. The van der Waals surface area contributed by atoms with E-state index in [2.05, 4.69) is 10.6 Å². The Labute approximate surface area is 169 Å². The van der Waals surface area contributed by atoms with Gasteiger partial charge in [0.2, 0.25) is 11.8 Å². The highest BCUT2D eigenvalue weighted by Gasteiger charge is 2.37. The number of carbonyl (C=O) groups is 3. The Balaban J connectivity index is 1.56. The van der Waals surface area contributed by atoms with Gasteiger partial charge < -0.3 is 20.3 Å². The fourth-order valence-electron chi connectivity index (χ4n) is 3.54. The largest absolute Gasteiger partial charge is 0.385 e. The first-order valence-electron chi connectivity index (χ1n) is 10.00. The molecule has 2 heterocycles. The molecule has 1 atom stereocenters. The summed E-state index contributed by atoms with van der Waals surface area (Å²) in [7, 11) is 1.63. The molecule has 2 N–H and O–H groups in total. The van der Waals surface area contributed by atoms with Crippen molar-refractivity contribution in [2.24, 2.45) is 11.8 Å². The van der Waals surface area contributed by atoms with Gasteiger partial charge >= 0.3 is 0 Å². The summed E-state index contributed by atoms with van der Waals surface area (Å²) in [4.78, 5) is 40.1. The molecule has 0 aromatic carbocycles. The molecule has 1 aromatic rings. The van der Waals surface area contributed by atoms with Gasteiger partial charge in [0.25, 0.3) is 5.91 Å². The van der Waals surface area contributed by atoms with E-state index < -0.39 is 6.04 Å². The van der Waals surface area contributed by atoms with E-state index in [1.54, 1.807) is 7.11 Å². The van der Waals surface area contributed by atoms with Crippen LogP contribution in [0, 0.1) is 11.8 Å². The van der Waals surface area contributed by atoms with Gasteiger partial charge in [-0.2, -0.15) is 0 Å². The highest BCUT2D eigenvalue weighted by atomic mass is 32.1. The number of piperidine rings is 1. The van der Waals surface area contributed by atoms with E-state index in [-0.39, 0.29) is 29.6 Å². The van der Waals surface area contributed by atoms with Crippen molar-refractivity contribution >= 4 is 29.1 Å². The zero-order chi connectivity index (χ0) is 19.9. The van der Waals surface area contributed by atoms with E-state index in [1.807, 2.05) is 22.4 Å². The van der Waals surface area contributed by atoms with Gasteiger partial charge in [0, 0.05) is 39.3 Å². The molecule has 154 valence electrons. The summed E-state index contributed by atoms with van der Waals surface area (Å²) < 4.78 is 5.01. The normalized spacial score (nSPS) is 18.5. The van der Waals surface area contributed by atoms with E-state index >= 15 is 0 Å². The van der Waals surface area contributed by atoms with Crippen LogP contribution in [0.5, 0.6) is 0 Å². The van der Waals surface area contributed by atoms with E-state index in [1.165, 1.54) is 11.3 Å². The number of methoxy groups -OCH3 is 1. The molecule has 0 spiro atoms. The SMILES string of the molecule is COCCCNC(=O)C(NC(=O)C1CC1)C1CCN(C(=O)c2cccs2)CC1. The molecule has 1 saturated heterocycles. The third kappa shape index (κ3) is 5.54. The van der Waals surface area contributed by atoms with Crippen molar-refractivity contribution in [2.45, 2.75) is 38.1 Å². The van der Waals surface area contributed by atoms with E-state index in [0.717, 1.165) is 24.1 Å². The number of amides is 3. The topological polar surface area (TPSA) is 87.7 Å². The minimum Gasteiger partial charge on any atom is -0.385 e. The summed E-state index contributed by atoms with van der Waals surface area (Å²) >= 11 is 1.45. The maximum Gasteiger partial charge on any atom is 0.263 e. The van der Waals surface area contributed by atoms with E-state index in [4.69, 9.17) is 4.74 Å². The van der Waals surface area contributed by atoms with Crippen LogP contribution in [-0.2, 0) is 14.3 Å². The molecule has 1 unspecified atom stereocenters. The van der Waals surface area contributed by atoms with Gasteiger partial charge in [-0.3, -0.25) is 14.4 Å². The lowest BCUT2D eigenvalue weighted by Gasteiger charge is -2.35. The highest BCUT2D eigenvalue weighted by Crippen LogP contribution is 2.30. The summed E-state index contributed by atoms with van der Waals surface area (Å²) in [6.45, 7) is 2.32. The first-order valence-corrected chi connectivity index (χ1v) is 10.9. The molecule has 0 bridgehead atoms. The van der Waals surface area contributed by atoms with Gasteiger partial charge in [-0.15, -0.1) is 11.3 Å². The van der Waals surface area contributed by atoms with Crippen LogP contribution < -0.4 is 10.6 Å². The molecule has 3 rings (SSSR count). The van der Waals surface area contributed by atoms with Crippen molar-refractivity contribution in [3.05, 3.63) is 22.4 Å². The summed E-state index contributed by atoms with van der Waals surface area (Å²) in [6, 6.07) is 3.18. The second-order valence-corrected chi connectivity index (χ2v) is 8.45. The number of nitrogens with one attached hydrogen (secondary N) is 2. The number of thiophene rings is 1. The van der Waals surface area contributed by atoms with Crippen LogP contribution in [0.3, 0.4) is 0 Å². The van der Waals surface area contributed by atoms with Crippen molar-refractivity contribution < 1.29 is 19.1 Å². The summed E-state index contributed by atoms with van der Waals surface area (Å²) in [5, 5.41) is 7.80. The van der Waals surface area contributed by atoms with E-state index in [9.17, 15) is 14.4 Å². The van der Waals surface area contributed by atoms with Crippen LogP contribution in [0.1, 0.15) is 41.8 Å². The standard InChI is InChI=1S/C20H29N3O4S/c1-27-12-3-9-21-19(25)17(22-18(24)15-5-6-15)14-7-10-23(11-8-14)20(26)16-4-2-13-28-16/h2,4,13-15,17H,3,5-12H2,1H3,(H,21,25)(H,22,24). The predicted molar refractivity (Wildman–Crippen MR) is 107 cm³/mol. The Morgan fingerprint density at radius 1 is 1.25 bits per heavy atom. The van der Waals surface area contributed by atoms with Gasteiger partial charge in [-0.1, -0.05) is 6.07 Å². The first kappa shape index (κ1) is 20.8. The van der Waals surface area contributed by atoms with Crippen molar-refractivity contribution in [1.29, 1.82) is 0 Å². The van der Waals surface area contributed by atoms with Crippen LogP contribution in [-0.4, -0.2) is 62.0 Å². The fraction of sp³-hybridized carbons (Fsp3) is 0.650. The van der Waals surface area contributed by atoms with Gasteiger partial charge in [0.05, 0.1) is 4.88 Å². The van der Waals surface area contributed by atoms with Crippen LogP contribution in [0.15, 0.2) is 17.5 Å². The zero-order valence-electron chi connectivity index (χ0n) is 16.3. The number of ether oxygens (including phenoxy) is 1. The minimum absolute atomic E-state index is 0.0193. The van der Waals surface area contributed by atoms with Gasteiger partial charge in [0.15, 0.2) is 0 Å². The van der Waals surface area contributed by atoms with Gasteiger partial charge in [-0.25, -0.2) is 0 Å². The first-order chi connectivity index (χ1) is 13.6. The molecule has 28 heavy (non-hydrogen) atoms. The average molecular weight is 408 g/mol. The van der Waals surface area contributed by atoms with E-state index in [0.29, 0.717) is 39.1 Å². The lowest BCUT2D eigenvalue weighted by Crippen LogP contribution is -2.54. The molecular formula is C20H29N3O4S. The Hall–Kier alpha value is -1.93. The number of carbonyl (C=O) groups excluding carboxylic acids is 3. The molecule has 2 aliphatic rings. The molecule has 7 nitrogen and oxygen atoms in total. The molecule has 8 heteroatoms. The van der Waals surface area contributed by atoms with Crippen molar-refractivity contribution in [2.75, 3.05) is 33.4 Å². The Bertz CT molecular complexity index is 667. The van der Waals surface area contributed by atoms with Crippen LogP contribution in [0.4, 0.5) is 0 Å². The Kier molecular flexibility index (Phi) is 7.44. The molecule has 3 amide bonds.